The van der Waals surface area contributed by atoms with Gasteiger partial charge in [0.15, 0.2) is 0 Å². The van der Waals surface area contributed by atoms with Crippen LogP contribution < -0.4 is 0 Å². The third-order valence-corrected chi connectivity index (χ3v) is 27.0. The minimum Gasteiger partial charge on any atom is -0.394 e. The van der Waals surface area contributed by atoms with Crippen molar-refractivity contribution in [3.8, 4) is 0 Å². The number of aliphatic hydroxyl groups is 2. The quantitative estimate of drug-likeness (QED) is 0.287. The second-order valence-electron chi connectivity index (χ2n) is 35.8. The highest BCUT2D eigenvalue weighted by molar-refractivity contribution is 4.84. The van der Waals surface area contributed by atoms with E-state index in [1.807, 2.05) is 0 Å². The zero-order valence-corrected chi connectivity index (χ0v) is 64.0. The molecule has 1 aliphatic heterocycles. The Hall–Kier alpha value is -0.240. The number of hydrogen-bond donors (Lipinski definition) is 2. The highest BCUT2D eigenvalue weighted by Gasteiger charge is 2.32. The molecule has 5 rings (SSSR count). The molecule has 0 aromatic rings. The van der Waals surface area contributed by atoms with E-state index in [0.717, 1.165) is 147 Å². The Kier molecular flexibility index (Phi) is 44.2. The molecule has 92 heavy (non-hydrogen) atoms. The van der Waals surface area contributed by atoms with E-state index < -0.39 is 0 Å². The topological polar surface area (TPSA) is 77.4 Å². The van der Waals surface area contributed by atoms with Gasteiger partial charge in [0.05, 0.1) is 26.4 Å². The summed E-state index contributed by atoms with van der Waals surface area (Å²) in [5.41, 5.74) is 0. The molecule has 0 radical (unpaired) electrons. The van der Waals surface area contributed by atoms with Crippen LogP contribution in [0.3, 0.4) is 0 Å². The maximum absolute atomic E-state index is 10.1. The molecule has 4 saturated carbocycles. The van der Waals surface area contributed by atoms with Crippen LogP contribution in [0.25, 0.3) is 0 Å². The normalized spacial score (nSPS) is 40.6. The van der Waals surface area contributed by atoms with Crippen molar-refractivity contribution in [3.63, 3.8) is 0 Å². The van der Waals surface area contributed by atoms with E-state index >= 15 is 0 Å². The van der Waals surface area contributed by atoms with Crippen LogP contribution in [0.2, 0.25) is 0 Å². The van der Waals surface area contributed by atoms with Crippen molar-refractivity contribution < 1.29 is 29.2 Å². The second-order valence-corrected chi connectivity index (χ2v) is 35.8. The molecule has 6 heteroatoms. The lowest BCUT2D eigenvalue weighted by molar-refractivity contribution is -0.0471. The fourth-order valence-corrected chi connectivity index (χ4v) is 19.2. The highest BCUT2D eigenvalue weighted by Crippen LogP contribution is 2.44. The minimum absolute atomic E-state index is 0.0515. The summed E-state index contributed by atoms with van der Waals surface area (Å²) >= 11 is 0. The second kappa shape index (κ2) is 49.3. The summed E-state index contributed by atoms with van der Waals surface area (Å²) in [4.78, 5) is 0. The molecule has 544 valence electrons. The van der Waals surface area contributed by atoms with Gasteiger partial charge >= 0.3 is 0 Å². The zero-order valence-electron chi connectivity index (χ0n) is 64.0. The Bertz CT molecular complexity index is 1600. The molecular weight excluding hydrogens is 1130 g/mol. The molecule has 0 amide bonds. The third-order valence-electron chi connectivity index (χ3n) is 27.0. The summed E-state index contributed by atoms with van der Waals surface area (Å²) < 4.78 is 24.6. The van der Waals surface area contributed by atoms with Crippen LogP contribution >= 0.6 is 0 Å². The first-order chi connectivity index (χ1) is 44.5. The number of ether oxygens (including phenoxy) is 4. The van der Waals surface area contributed by atoms with Crippen LogP contribution in [-0.2, 0) is 18.9 Å². The summed E-state index contributed by atoms with van der Waals surface area (Å²) in [5, 5.41) is 20.2. The van der Waals surface area contributed by atoms with Crippen LogP contribution in [0.1, 0.15) is 366 Å². The van der Waals surface area contributed by atoms with Crippen molar-refractivity contribution in [1.82, 2.24) is 0 Å². The van der Waals surface area contributed by atoms with E-state index in [4.69, 9.17) is 18.9 Å². The predicted molar refractivity (Wildman–Crippen MR) is 396 cm³/mol. The third kappa shape index (κ3) is 36.2. The van der Waals surface area contributed by atoms with Gasteiger partial charge in [0.2, 0.25) is 0 Å². The summed E-state index contributed by atoms with van der Waals surface area (Å²) in [6.07, 6.45) is 60.8. The van der Waals surface area contributed by atoms with Gasteiger partial charge in [0, 0.05) is 26.4 Å². The van der Waals surface area contributed by atoms with Crippen molar-refractivity contribution >= 4 is 0 Å². The maximum atomic E-state index is 10.1. The lowest BCUT2D eigenvalue weighted by atomic mass is 9.84. The smallest absolute Gasteiger partial charge is 0.104 e. The summed E-state index contributed by atoms with van der Waals surface area (Å²) in [7, 11) is 0. The van der Waals surface area contributed by atoms with E-state index in [-0.39, 0.29) is 25.4 Å². The summed E-state index contributed by atoms with van der Waals surface area (Å²) in [6.45, 7) is 34.3. The highest BCUT2D eigenvalue weighted by atomic mass is 16.5. The average molecular weight is 1290 g/mol. The fraction of sp³-hybridized carbons (Fsp3) is 1.00. The Labute approximate surface area is 575 Å². The molecule has 2 N–H and O–H groups in total. The van der Waals surface area contributed by atoms with Gasteiger partial charge in [0.1, 0.15) is 12.2 Å². The monoisotopic (exact) mass is 1290 g/mol. The Morgan fingerprint density at radius 3 is 0.685 bits per heavy atom. The van der Waals surface area contributed by atoms with Crippen LogP contribution in [-0.4, -0.2) is 75.3 Å². The standard InChI is InChI=1S/C86H164O6/c1-65-21-13-29-73(9)81-45-41-77(57-81)33-17-25-69(5)49-53-89-63-85(61-87)92-56-52-72(8)28-20-36-80-44-48-84(60-80)76(12)32-16-24-68(4)40-38-66(2)22-14-30-74(10)82-46-42-78(58-82)34-18-26-70(6)50-54-90-64-86(62-88)91-55-51-71(7)27-19-35-79-43-47-83(59-79)75(11)31-15-23-67(3)39-37-65/h65-88H,13-64H2,1-12H3/t65-,66-,67-,68-,69+,70?,71+,72+,73+,74+,75+,76+,77?,78?,79?,80?,81?,82?,83?,84?,85+,86+/m0/s1. The first-order valence-corrected chi connectivity index (χ1v) is 42.1. The van der Waals surface area contributed by atoms with E-state index in [9.17, 15) is 10.2 Å². The van der Waals surface area contributed by atoms with Gasteiger partial charge in [-0.15, -0.1) is 0 Å². The molecular formula is C86H164O6. The molecule has 9 unspecified atom stereocenters. The number of aliphatic hydroxyl groups excluding tert-OH is 2. The Morgan fingerprint density at radius 2 is 0.446 bits per heavy atom. The van der Waals surface area contributed by atoms with Crippen molar-refractivity contribution in [2.75, 3.05) is 52.9 Å². The van der Waals surface area contributed by atoms with Crippen LogP contribution in [0.15, 0.2) is 0 Å². The molecule has 0 aromatic heterocycles. The van der Waals surface area contributed by atoms with Gasteiger partial charge in [-0.3, -0.25) is 0 Å². The van der Waals surface area contributed by atoms with E-state index in [2.05, 4.69) is 83.1 Å². The van der Waals surface area contributed by atoms with Crippen LogP contribution in [0.4, 0.5) is 0 Å². The maximum Gasteiger partial charge on any atom is 0.104 e. The molecule has 22 atom stereocenters. The van der Waals surface area contributed by atoms with E-state index in [0.29, 0.717) is 36.9 Å². The van der Waals surface area contributed by atoms with Crippen LogP contribution in [0, 0.1) is 118 Å². The van der Waals surface area contributed by atoms with Gasteiger partial charge < -0.3 is 29.2 Å². The van der Waals surface area contributed by atoms with Gasteiger partial charge in [-0.2, -0.15) is 0 Å². The average Bonchev–Trinajstić information content (AvgIpc) is 2.84. The Morgan fingerprint density at radius 1 is 0.228 bits per heavy atom. The number of hydrogen-bond acceptors (Lipinski definition) is 6. The van der Waals surface area contributed by atoms with E-state index in [1.54, 1.807) is 0 Å². The first kappa shape index (κ1) is 82.4. The predicted octanol–water partition coefficient (Wildman–Crippen LogP) is 24.6. The minimum atomic E-state index is -0.195. The van der Waals surface area contributed by atoms with Gasteiger partial charge in [-0.1, -0.05) is 289 Å². The molecule has 1 saturated heterocycles. The SMILES string of the molecule is CC1CCCC2CCC(C2)[C@H](C)CCC[C@H](C)CC[C@@H](C)CCC[C@@H](C)C2CCC(CCC[C@@H](C)CCO[C@H](CO)COCC[C@H](C)CCCC3CCC(C3)[C@H](C)CCC[C@H](C)CC[C@@H](C)CCC[C@@H](C)C3CCC(CCC[C@@H](C)CCO[C@H](CO)COCC1)C3)C2. The van der Waals surface area contributed by atoms with Crippen molar-refractivity contribution in [2.45, 2.75) is 378 Å². The number of rotatable bonds is 2. The van der Waals surface area contributed by atoms with Gasteiger partial charge in [0.25, 0.3) is 0 Å². The lowest BCUT2D eigenvalue weighted by Crippen LogP contribution is -2.25. The van der Waals surface area contributed by atoms with E-state index in [1.165, 1.54) is 257 Å². The summed E-state index contributed by atoms with van der Waals surface area (Å²) in [6, 6.07) is 0. The lowest BCUT2D eigenvalue weighted by Gasteiger charge is -2.22. The first-order valence-electron chi connectivity index (χ1n) is 42.1. The molecule has 6 nitrogen and oxygen atoms in total. The van der Waals surface area contributed by atoms with Crippen molar-refractivity contribution in [1.29, 1.82) is 0 Å². The molecule has 5 fully saturated rings. The van der Waals surface area contributed by atoms with Gasteiger partial charge in [-0.05, 0) is 195 Å². The largest absolute Gasteiger partial charge is 0.394 e. The molecule has 1 heterocycles. The molecule has 0 spiro atoms. The molecule has 8 bridgehead atoms. The zero-order chi connectivity index (χ0) is 66.3. The number of fused-ring (bicyclic) bond motifs is 8. The van der Waals surface area contributed by atoms with Crippen molar-refractivity contribution in [3.05, 3.63) is 0 Å². The Balaban J connectivity index is 0.961. The van der Waals surface area contributed by atoms with Gasteiger partial charge in [-0.25, -0.2) is 0 Å². The molecule has 5 aliphatic rings. The summed E-state index contributed by atoms with van der Waals surface area (Å²) in [5.74, 6) is 17.4. The van der Waals surface area contributed by atoms with Crippen LogP contribution in [0.5, 0.6) is 0 Å². The molecule has 0 aromatic carbocycles. The van der Waals surface area contributed by atoms with Crippen molar-refractivity contribution in [2.24, 2.45) is 118 Å². The fourth-order valence-electron chi connectivity index (χ4n) is 19.2. The molecule has 4 aliphatic carbocycles.